The third kappa shape index (κ3) is 4.11. The van der Waals surface area contributed by atoms with Gasteiger partial charge in [0.2, 0.25) is 5.91 Å². The van der Waals surface area contributed by atoms with Gasteiger partial charge in [-0.15, -0.1) is 0 Å². The lowest BCUT2D eigenvalue weighted by atomic mass is 10.0. The number of anilines is 1. The van der Waals surface area contributed by atoms with E-state index in [1.54, 1.807) is 0 Å². The molecule has 0 saturated carbocycles. The average Bonchev–Trinajstić information content (AvgIpc) is 2.21. The van der Waals surface area contributed by atoms with E-state index in [0.29, 0.717) is 12.5 Å². The van der Waals surface area contributed by atoms with Gasteiger partial charge in [-0.3, -0.25) is 4.79 Å². The Kier molecular flexibility index (Phi) is 4.57. The first-order valence-corrected chi connectivity index (χ1v) is 5.41. The summed E-state index contributed by atoms with van der Waals surface area (Å²) in [5.41, 5.74) is 5.58. The molecule has 5 heteroatoms. The van der Waals surface area contributed by atoms with Gasteiger partial charge in [0, 0.05) is 6.07 Å². The van der Waals surface area contributed by atoms with Crippen LogP contribution in [0.3, 0.4) is 0 Å². The topological polar surface area (TPSA) is 55.1 Å². The van der Waals surface area contributed by atoms with Gasteiger partial charge < -0.3 is 11.1 Å². The van der Waals surface area contributed by atoms with Gasteiger partial charge >= 0.3 is 0 Å². The van der Waals surface area contributed by atoms with Gasteiger partial charge in [-0.1, -0.05) is 13.8 Å². The SMILES string of the molecule is CC(C)CC(N)C(=O)Nc1ccc(F)cc1F. The molecule has 0 aliphatic rings. The molecule has 0 fully saturated rings. The van der Waals surface area contributed by atoms with Gasteiger partial charge in [-0.25, -0.2) is 8.78 Å². The van der Waals surface area contributed by atoms with Crippen molar-refractivity contribution >= 4 is 11.6 Å². The Hall–Kier alpha value is -1.49. The van der Waals surface area contributed by atoms with Crippen molar-refractivity contribution < 1.29 is 13.6 Å². The molecule has 1 atom stereocenters. The first-order valence-electron chi connectivity index (χ1n) is 5.41. The Labute approximate surface area is 99.0 Å². The van der Waals surface area contributed by atoms with Crippen LogP contribution in [-0.4, -0.2) is 11.9 Å². The first kappa shape index (κ1) is 13.6. The summed E-state index contributed by atoms with van der Waals surface area (Å²) in [4.78, 5) is 11.6. The molecule has 0 saturated heterocycles. The lowest BCUT2D eigenvalue weighted by Crippen LogP contribution is -2.36. The zero-order chi connectivity index (χ0) is 13.0. The maximum absolute atomic E-state index is 13.2. The van der Waals surface area contributed by atoms with E-state index in [0.717, 1.165) is 6.07 Å². The van der Waals surface area contributed by atoms with E-state index in [4.69, 9.17) is 5.73 Å². The van der Waals surface area contributed by atoms with E-state index in [1.165, 1.54) is 6.07 Å². The Balaban J connectivity index is 2.67. The number of halogens is 2. The summed E-state index contributed by atoms with van der Waals surface area (Å²) < 4.78 is 25.9. The minimum atomic E-state index is -0.810. The quantitative estimate of drug-likeness (QED) is 0.851. The molecular weight excluding hydrogens is 226 g/mol. The minimum absolute atomic E-state index is 0.0596. The van der Waals surface area contributed by atoms with Crippen LogP contribution in [0.2, 0.25) is 0 Å². The standard InChI is InChI=1S/C12H16F2N2O/c1-7(2)5-10(15)12(17)16-11-4-3-8(13)6-9(11)14/h3-4,6-7,10H,5,15H2,1-2H3,(H,16,17). The lowest BCUT2D eigenvalue weighted by Gasteiger charge is -2.14. The predicted molar refractivity (Wildman–Crippen MR) is 62.4 cm³/mol. The summed E-state index contributed by atoms with van der Waals surface area (Å²) in [5, 5.41) is 2.34. The van der Waals surface area contributed by atoms with E-state index >= 15 is 0 Å². The molecule has 1 aromatic carbocycles. The van der Waals surface area contributed by atoms with Gasteiger partial charge in [0.15, 0.2) is 0 Å². The molecule has 17 heavy (non-hydrogen) atoms. The van der Waals surface area contributed by atoms with Crippen LogP contribution < -0.4 is 11.1 Å². The molecule has 0 spiro atoms. The first-order chi connectivity index (χ1) is 7.90. The fraction of sp³-hybridized carbons (Fsp3) is 0.417. The van der Waals surface area contributed by atoms with Gasteiger partial charge in [-0.05, 0) is 24.5 Å². The monoisotopic (exact) mass is 242 g/mol. The average molecular weight is 242 g/mol. The fourth-order valence-corrected chi connectivity index (χ4v) is 1.43. The van der Waals surface area contributed by atoms with Crippen LogP contribution in [0.5, 0.6) is 0 Å². The molecule has 3 nitrogen and oxygen atoms in total. The van der Waals surface area contributed by atoms with Gasteiger partial charge in [-0.2, -0.15) is 0 Å². The molecule has 3 N–H and O–H groups in total. The number of amides is 1. The molecule has 0 bridgehead atoms. The maximum atomic E-state index is 13.2. The number of benzene rings is 1. The van der Waals surface area contributed by atoms with Crippen molar-refractivity contribution in [1.29, 1.82) is 0 Å². The Morgan fingerprint density at radius 3 is 2.59 bits per heavy atom. The molecule has 94 valence electrons. The molecule has 1 rings (SSSR count). The second-order valence-electron chi connectivity index (χ2n) is 4.35. The summed E-state index contributed by atoms with van der Waals surface area (Å²) in [6.45, 7) is 3.87. The summed E-state index contributed by atoms with van der Waals surface area (Å²) in [5.74, 6) is -1.69. The minimum Gasteiger partial charge on any atom is -0.322 e. The van der Waals surface area contributed by atoms with Gasteiger partial charge in [0.25, 0.3) is 0 Å². The van der Waals surface area contributed by atoms with Crippen LogP contribution in [0.4, 0.5) is 14.5 Å². The van der Waals surface area contributed by atoms with Crippen molar-refractivity contribution in [2.45, 2.75) is 26.3 Å². The van der Waals surface area contributed by atoms with Gasteiger partial charge in [0.05, 0.1) is 11.7 Å². The highest BCUT2D eigenvalue weighted by Gasteiger charge is 2.16. The van der Waals surface area contributed by atoms with E-state index < -0.39 is 23.6 Å². The van der Waals surface area contributed by atoms with Crippen LogP contribution in [0.15, 0.2) is 18.2 Å². The summed E-state index contributed by atoms with van der Waals surface area (Å²) in [6, 6.07) is 2.26. The Morgan fingerprint density at radius 2 is 2.06 bits per heavy atom. The van der Waals surface area contributed by atoms with E-state index in [-0.39, 0.29) is 11.6 Å². The van der Waals surface area contributed by atoms with Crippen LogP contribution in [0, 0.1) is 17.6 Å². The molecule has 0 radical (unpaired) electrons. The molecule has 0 aromatic heterocycles. The molecule has 1 unspecified atom stereocenters. The van der Waals surface area contributed by atoms with Gasteiger partial charge in [0.1, 0.15) is 11.6 Å². The van der Waals surface area contributed by atoms with Crippen LogP contribution >= 0.6 is 0 Å². The maximum Gasteiger partial charge on any atom is 0.241 e. The van der Waals surface area contributed by atoms with Crippen LogP contribution in [0.1, 0.15) is 20.3 Å². The van der Waals surface area contributed by atoms with Crippen molar-refractivity contribution in [2.75, 3.05) is 5.32 Å². The number of carbonyl (C=O) groups excluding carboxylic acids is 1. The summed E-state index contributed by atoms with van der Waals surface area (Å²) in [6.07, 6.45) is 0.509. The molecular formula is C12H16F2N2O. The normalized spacial score (nSPS) is 12.6. The highest BCUT2D eigenvalue weighted by molar-refractivity contribution is 5.94. The number of carbonyl (C=O) groups is 1. The third-order valence-corrected chi connectivity index (χ3v) is 2.25. The van der Waals surface area contributed by atoms with E-state index in [2.05, 4.69) is 5.32 Å². The number of hydrogen-bond donors (Lipinski definition) is 2. The number of hydrogen-bond acceptors (Lipinski definition) is 2. The molecule has 1 amide bonds. The third-order valence-electron chi connectivity index (χ3n) is 2.25. The number of nitrogens with two attached hydrogens (primary N) is 1. The Morgan fingerprint density at radius 1 is 1.41 bits per heavy atom. The molecule has 0 heterocycles. The van der Waals surface area contributed by atoms with E-state index in [1.807, 2.05) is 13.8 Å². The smallest absolute Gasteiger partial charge is 0.241 e. The van der Waals surface area contributed by atoms with Crippen LogP contribution in [0.25, 0.3) is 0 Å². The summed E-state index contributed by atoms with van der Waals surface area (Å²) in [7, 11) is 0. The van der Waals surface area contributed by atoms with Crippen LogP contribution in [-0.2, 0) is 4.79 Å². The molecule has 0 aliphatic carbocycles. The zero-order valence-corrected chi connectivity index (χ0v) is 9.84. The second kappa shape index (κ2) is 5.72. The largest absolute Gasteiger partial charge is 0.322 e. The van der Waals surface area contributed by atoms with Crippen molar-refractivity contribution in [3.05, 3.63) is 29.8 Å². The summed E-state index contributed by atoms with van der Waals surface area (Å²) >= 11 is 0. The second-order valence-corrected chi connectivity index (χ2v) is 4.35. The van der Waals surface area contributed by atoms with Crippen molar-refractivity contribution in [3.8, 4) is 0 Å². The number of nitrogens with one attached hydrogen (secondary N) is 1. The van der Waals surface area contributed by atoms with Crippen molar-refractivity contribution in [1.82, 2.24) is 0 Å². The Bertz CT molecular complexity index is 407. The lowest BCUT2D eigenvalue weighted by molar-refractivity contribution is -0.117. The fourth-order valence-electron chi connectivity index (χ4n) is 1.43. The predicted octanol–water partition coefficient (Wildman–Crippen LogP) is 2.28. The number of rotatable bonds is 4. The molecule has 1 aromatic rings. The highest BCUT2D eigenvalue weighted by atomic mass is 19.1. The highest BCUT2D eigenvalue weighted by Crippen LogP contribution is 2.15. The van der Waals surface area contributed by atoms with Crippen molar-refractivity contribution in [2.24, 2.45) is 11.7 Å². The zero-order valence-electron chi connectivity index (χ0n) is 9.84. The van der Waals surface area contributed by atoms with E-state index in [9.17, 15) is 13.6 Å². The molecule has 0 aliphatic heterocycles. The van der Waals surface area contributed by atoms with Crippen molar-refractivity contribution in [3.63, 3.8) is 0 Å².